The maximum absolute atomic E-state index is 11.9. The molecule has 0 spiro atoms. The summed E-state index contributed by atoms with van der Waals surface area (Å²) in [6.45, 7) is 7.14. The van der Waals surface area contributed by atoms with E-state index in [1.807, 2.05) is 6.92 Å². The normalized spacial score (nSPS) is 11.2. The van der Waals surface area contributed by atoms with Gasteiger partial charge in [0.1, 0.15) is 11.6 Å². The summed E-state index contributed by atoms with van der Waals surface area (Å²) in [5, 5.41) is 2.47. The largest absolute Gasteiger partial charge is 0.497 e. The molecular formula is C12H17N3O3. The van der Waals surface area contributed by atoms with Crippen LogP contribution in [0, 0.1) is 6.92 Å². The molecule has 6 heteroatoms. The molecule has 1 aromatic heterocycles. The molecule has 0 fully saturated rings. The predicted octanol–water partition coefficient (Wildman–Crippen LogP) is 1.24. The second-order valence-electron chi connectivity index (χ2n) is 3.59. The number of aryl methyl sites for hydroxylation is 2. The van der Waals surface area contributed by atoms with Crippen LogP contribution >= 0.6 is 0 Å². The van der Waals surface area contributed by atoms with Crippen LogP contribution in [0.25, 0.3) is 0 Å². The third-order valence-electron chi connectivity index (χ3n) is 2.18. The minimum atomic E-state index is -0.440. The SMILES string of the molecule is C=C(/C=C(/N)NC(=O)c1oc(C)nc1CC)OC. The highest BCUT2D eigenvalue weighted by Crippen LogP contribution is 2.11. The zero-order valence-electron chi connectivity index (χ0n) is 10.7. The van der Waals surface area contributed by atoms with Crippen molar-refractivity contribution < 1.29 is 13.9 Å². The number of nitrogens with zero attached hydrogens (tertiary/aromatic N) is 1. The first-order valence-electron chi connectivity index (χ1n) is 5.45. The zero-order chi connectivity index (χ0) is 13.7. The van der Waals surface area contributed by atoms with Gasteiger partial charge in [0.2, 0.25) is 5.76 Å². The third kappa shape index (κ3) is 3.38. The molecule has 1 rings (SSSR count). The molecule has 1 aromatic rings. The van der Waals surface area contributed by atoms with E-state index in [0.29, 0.717) is 23.8 Å². The van der Waals surface area contributed by atoms with Crippen molar-refractivity contribution in [2.24, 2.45) is 5.73 Å². The van der Waals surface area contributed by atoms with Crippen LogP contribution in [0.5, 0.6) is 0 Å². The van der Waals surface area contributed by atoms with E-state index < -0.39 is 5.91 Å². The molecule has 0 atom stereocenters. The molecule has 0 aliphatic rings. The number of hydrogen-bond acceptors (Lipinski definition) is 5. The van der Waals surface area contributed by atoms with E-state index in [4.69, 9.17) is 14.9 Å². The Bertz CT molecular complexity index is 489. The van der Waals surface area contributed by atoms with E-state index in [9.17, 15) is 4.79 Å². The van der Waals surface area contributed by atoms with E-state index in [1.165, 1.54) is 13.2 Å². The van der Waals surface area contributed by atoms with Gasteiger partial charge in [-0.1, -0.05) is 13.5 Å². The quantitative estimate of drug-likeness (QED) is 0.607. The first-order chi connectivity index (χ1) is 8.47. The Labute approximate surface area is 106 Å². The van der Waals surface area contributed by atoms with E-state index >= 15 is 0 Å². The smallest absolute Gasteiger partial charge is 0.294 e. The van der Waals surface area contributed by atoms with Crippen molar-refractivity contribution in [2.45, 2.75) is 20.3 Å². The minimum Gasteiger partial charge on any atom is -0.497 e. The van der Waals surface area contributed by atoms with Gasteiger partial charge in [-0.3, -0.25) is 4.79 Å². The van der Waals surface area contributed by atoms with Crippen LogP contribution in [0.1, 0.15) is 29.1 Å². The van der Waals surface area contributed by atoms with Crippen LogP contribution in [-0.4, -0.2) is 18.0 Å². The number of aromatic nitrogens is 1. The molecule has 0 bridgehead atoms. The van der Waals surface area contributed by atoms with Gasteiger partial charge in [0.15, 0.2) is 5.89 Å². The molecule has 6 nitrogen and oxygen atoms in total. The number of rotatable bonds is 5. The number of nitrogens with one attached hydrogen (secondary N) is 1. The van der Waals surface area contributed by atoms with Gasteiger partial charge in [0, 0.05) is 13.0 Å². The molecule has 0 aromatic carbocycles. The van der Waals surface area contributed by atoms with Crippen molar-refractivity contribution in [1.29, 1.82) is 0 Å². The van der Waals surface area contributed by atoms with Gasteiger partial charge in [-0.2, -0.15) is 0 Å². The molecule has 1 amide bonds. The molecule has 0 saturated heterocycles. The first-order valence-corrected chi connectivity index (χ1v) is 5.45. The molecule has 18 heavy (non-hydrogen) atoms. The van der Waals surface area contributed by atoms with Gasteiger partial charge in [-0.15, -0.1) is 0 Å². The number of carbonyl (C=O) groups excluding carboxylic acids is 1. The Morgan fingerprint density at radius 2 is 2.33 bits per heavy atom. The molecule has 98 valence electrons. The third-order valence-corrected chi connectivity index (χ3v) is 2.18. The fraction of sp³-hybridized carbons (Fsp3) is 0.333. The number of amides is 1. The fourth-order valence-corrected chi connectivity index (χ4v) is 1.34. The molecular weight excluding hydrogens is 234 g/mol. The summed E-state index contributed by atoms with van der Waals surface area (Å²) >= 11 is 0. The lowest BCUT2D eigenvalue weighted by molar-refractivity contribution is 0.0935. The summed E-state index contributed by atoms with van der Waals surface area (Å²) in [6.07, 6.45) is 2.02. The van der Waals surface area contributed by atoms with Gasteiger partial charge in [-0.05, 0) is 6.42 Å². The Kier molecular flexibility index (Phi) is 4.53. The van der Waals surface area contributed by atoms with Gasteiger partial charge < -0.3 is 20.2 Å². The Morgan fingerprint density at radius 1 is 1.67 bits per heavy atom. The summed E-state index contributed by atoms with van der Waals surface area (Å²) in [5.74, 6) is 0.653. The Hall–Kier alpha value is -2.24. The Morgan fingerprint density at radius 3 is 2.89 bits per heavy atom. The van der Waals surface area contributed by atoms with Gasteiger partial charge in [-0.25, -0.2) is 4.98 Å². The maximum Gasteiger partial charge on any atom is 0.294 e. The second-order valence-corrected chi connectivity index (χ2v) is 3.59. The van der Waals surface area contributed by atoms with Crippen molar-refractivity contribution in [2.75, 3.05) is 7.11 Å². The van der Waals surface area contributed by atoms with Crippen LogP contribution in [0.3, 0.4) is 0 Å². The number of ether oxygens (including phenoxy) is 1. The second kappa shape index (κ2) is 5.90. The van der Waals surface area contributed by atoms with Crippen molar-refractivity contribution in [1.82, 2.24) is 10.3 Å². The topological polar surface area (TPSA) is 90.4 Å². The number of carbonyl (C=O) groups is 1. The van der Waals surface area contributed by atoms with Crippen LogP contribution in [0.4, 0.5) is 0 Å². The summed E-state index contributed by atoms with van der Waals surface area (Å²) in [7, 11) is 1.46. The molecule has 3 N–H and O–H groups in total. The number of nitrogens with two attached hydrogens (primary N) is 1. The molecule has 0 saturated carbocycles. The summed E-state index contributed by atoms with van der Waals surface area (Å²) < 4.78 is 10.1. The van der Waals surface area contributed by atoms with E-state index in [2.05, 4.69) is 16.9 Å². The lowest BCUT2D eigenvalue weighted by atomic mass is 10.2. The first kappa shape index (κ1) is 13.8. The zero-order valence-corrected chi connectivity index (χ0v) is 10.7. The van der Waals surface area contributed by atoms with E-state index in [-0.39, 0.29) is 11.6 Å². The minimum absolute atomic E-state index is 0.128. The van der Waals surface area contributed by atoms with Crippen molar-refractivity contribution >= 4 is 5.91 Å². The van der Waals surface area contributed by atoms with Crippen molar-refractivity contribution in [3.8, 4) is 0 Å². The average molecular weight is 251 g/mol. The molecule has 0 aliphatic heterocycles. The summed E-state index contributed by atoms with van der Waals surface area (Å²) in [4.78, 5) is 16.0. The van der Waals surface area contributed by atoms with Gasteiger partial charge in [0.05, 0.1) is 12.8 Å². The molecule has 1 heterocycles. The number of allylic oxidation sites excluding steroid dienone is 1. The monoisotopic (exact) mass is 251 g/mol. The lowest BCUT2D eigenvalue weighted by Crippen LogP contribution is -2.28. The molecule has 0 aliphatic carbocycles. The summed E-state index contributed by atoms with van der Waals surface area (Å²) in [6, 6.07) is 0. The van der Waals surface area contributed by atoms with Gasteiger partial charge >= 0.3 is 0 Å². The highest BCUT2D eigenvalue weighted by Gasteiger charge is 2.17. The van der Waals surface area contributed by atoms with E-state index in [0.717, 1.165) is 0 Å². The predicted molar refractivity (Wildman–Crippen MR) is 66.5 cm³/mol. The fourth-order valence-electron chi connectivity index (χ4n) is 1.34. The highest BCUT2D eigenvalue weighted by atomic mass is 16.5. The van der Waals surface area contributed by atoms with Crippen LogP contribution in [-0.2, 0) is 11.2 Å². The molecule has 0 unspecified atom stereocenters. The number of oxazole rings is 1. The Balaban J connectivity index is 2.82. The molecule has 0 radical (unpaired) electrons. The van der Waals surface area contributed by atoms with Crippen LogP contribution in [0.2, 0.25) is 0 Å². The average Bonchev–Trinajstić information content (AvgIpc) is 2.70. The van der Waals surface area contributed by atoms with Crippen LogP contribution < -0.4 is 11.1 Å². The van der Waals surface area contributed by atoms with E-state index in [1.54, 1.807) is 6.92 Å². The highest BCUT2D eigenvalue weighted by molar-refractivity contribution is 5.93. The van der Waals surface area contributed by atoms with Gasteiger partial charge in [0.25, 0.3) is 5.91 Å². The standard InChI is InChI=1S/C12H17N3O3/c1-5-9-11(18-8(3)14-9)12(16)15-10(13)6-7(2)17-4/h6H,2,5,13H2,1,3-4H3,(H,15,16)/b10-6-. The van der Waals surface area contributed by atoms with Crippen LogP contribution in [0.15, 0.2) is 28.7 Å². The van der Waals surface area contributed by atoms with Crippen molar-refractivity contribution in [3.63, 3.8) is 0 Å². The maximum atomic E-state index is 11.9. The lowest BCUT2D eigenvalue weighted by Gasteiger charge is -2.04. The number of methoxy groups -OCH3 is 1. The van der Waals surface area contributed by atoms with Crippen molar-refractivity contribution in [3.05, 3.63) is 41.6 Å². The summed E-state index contributed by atoms with van der Waals surface area (Å²) in [5.41, 5.74) is 6.21. The number of hydrogen-bond donors (Lipinski definition) is 2.